The van der Waals surface area contributed by atoms with Gasteiger partial charge in [-0.25, -0.2) is 13.1 Å². The van der Waals surface area contributed by atoms with Gasteiger partial charge >= 0.3 is 0 Å². The first kappa shape index (κ1) is 19.4. The molecule has 1 rings (SSSR count). The van der Waals surface area contributed by atoms with Crippen LogP contribution in [0.5, 0.6) is 0 Å². The smallest absolute Gasteiger partial charge is 0.240 e. The molecule has 0 saturated carbocycles. The zero-order chi connectivity index (χ0) is 17.5. The number of carbonyl (C=O) groups is 2. The van der Waals surface area contributed by atoms with Crippen LogP contribution in [0, 0.1) is 5.92 Å². The van der Waals surface area contributed by atoms with E-state index >= 15 is 0 Å². The van der Waals surface area contributed by atoms with Crippen molar-refractivity contribution in [3.63, 3.8) is 0 Å². The molecule has 0 saturated heterocycles. The molecule has 1 aromatic carbocycles. The molecule has 0 spiro atoms. The van der Waals surface area contributed by atoms with E-state index in [0.29, 0.717) is 11.4 Å². The normalized spacial score (nSPS) is 11.3. The van der Waals surface area contributed by atoms with Crippen LogP contribution >= 0.6 is 11.6 Å². The van der Waals surface area contributed by atoms with Crippen LogP contribution in [0.3, 0.4) is 0 Å². The number of amides is 2. The Hall–Kier alpha value is -1.64. The number of hydrogen-bond acceptors (Lipinski definition) is 4. The van der Waals surface area contributed by atoms with E-state index in [1.807, 2.05) is 13.8 Å². The van der Waals surface area contributed by atoms with Crippen LogP contribution in [0.15, 0.2) is 29.2 Å². The summed E-state index contributed by atoms with van der Waals surface area (Å²) in [5.41, 5.74) is 4.50. The summed E-state index contributed by atoms with van der Waals surface area (Å²) < 4.78 is 26.2. The van der Waals surface area contributed by atoms with Gasteiger partial charge in [-0.15, -0.1) is 0 Å². The predicted octanol–water partition coefficient (Wildman–Crippen LogP) is 1.20. The summed E-state index contributed by atoms with van der Waals surface area (Å²) in [6.45, 7) is 3.68. The summed E-state index contributed by atoms with van der Waals surface area (Å²) >= 11 is 5.70. The van der Waals surface area contributed by atoms with Crippen LogP contribution in [0.2, 0.25) is 5.02 Å². The fourth-order valence-corrected chi connectivity index (χ4v) is 2.78. The van der Waals surface area contributed by atoms with Gasteiger partial charge in [0, 0.05) is 24.4 Å². The van der Waals surface area contributed by atoms with Crippen LogP contribution in [0.25, 0.3) is 0 Å². The fourth-order valence-electron chi connectivity index (χ4n) is 1.62. The predicted molar refractivity (Wildman–Crippen MR) is 87.0 cm³/mol. The van der Waals surface area contributed by atoms with Gasteiger partial charge in [-0.1, -0.05) is 25.4 Å². The summed E-state index contributed by atoms with van der Waals surface area (Å²) in [5, 5.41) is 0.431. The lowest BCUT2D eigenvalue weighted by atomic mass is 10.1. The van der Waals surface area contributed by atoms with E-state index in [9.17, 15) is 18.0 Å². The topological polar surface area (TPSA) is 104 Å². The van der Waals surface area contributed by atoms with E-state index in [0.717, 1.165) is 0 Å². The minimum atomic E-state index is -3.70. The van der Waals surface area contributed by atoms with E-state index in [1.54, 1.807) is 0 Å². The van der Waals surface area contributed by atoms with Crippen LogP contribution < -0.4 is 15.6 Å². The van der Waals surface area contributed by atoms with Crippen molar-refractivity contribution in [3.05, 3.63) is 29.3 Å². The standard InChI is InChI=1S/C14H20ClN3O4S/c1-10(2)9-14(20)18-17-13(19)7-8-16-23(21,22)12-5-3-11(15)4-6-12/h3-6,10,16H,7-9H2,1-2H3,(H,17,19)(H,18,20). The molecule has 0 aliphatic heterocycles. The molecule has 9 heteroatoms. The van der Waals surface area contributed by atoms with Crippen molar-refractivity contribution in [1.29, 1.82) is 0 Å². The first-order chi connectivity index (χ1) is 10.7. The Morgan fingerprint density at radius 1 is 1.09 bits per heavy atom. The van der Waals surface area contributed by atoms with E-state index in [-0.39, 0.29) is 29.7 Å². The third-order valence-electron chi connectivity index (χ3n) is 2.70. The van der Waals surface area contributed by atoms with Crippen molar-refractivity contribution in [2.24, 2.45) is 5.92 Å². The fraction of sp³-hybridized carbons (Fsp3) is 0.429. The van der Waals surface area contributed by atoms with Gasteiger partial charge in [-0.05, 0) is 30.2 Å². The van der Waals surface area contributed by atoms with Gasteiger partial charge in [0.05, 0.1) is 4.90 Å². The molecule has 7 nitrogen and oxygen atoms in total. The zero-order valence-corrected chi connectivity index (χ0v) is 14.5. The van der Waals surface area contributed by atoms with E-state index < -0.39 is 15.9 Å². The summed E-state index contributed by atoms with van der Waals surface area (Å²) in [5.74, 6) is -0.603. The van der Waals surface area contributed by atoms with Crippen molar-refractivity contribution >= 4 is 33.4 Å². The average molecular weight is 362 g/mol. The second kappa shape index (κ2) is 8.85. The molecule has 0 unspecified atom stereocenters. The molecule has 1 aromatic rings. The van der Waals surface area contributed by atoms with Crippen LogP contribution in [-0.2, 0) is 19.6 Å². The number of benzene rings is 1. The maximum absolute atomic E-state index is 12.0. The van der Waals surface area contributed by atoms with Crippen LogP contribution in [-0.4, -0.2) is 26.8 Å². The summed E-state index contributed by atoms with van der Waals surface area (Å²) in [6.07, 6.45) is 0.193. The van der Waals surface area contributed by atoms with Gasteiger partial charge in [0.25, 0.3) is 0 Å². The minimum absolute atomic E-state index is 0.0625. The van der Waals surface area contributed by atoms with Crippen molar-refractivity contribution < 1.29 is 18.0 Å². The van der Waals surface area contributed by atoms with Gasteiger partial charge in [0.1, 0.15) is 0 Å². The van der Waals surface area contributed by atoms with Gasteiger partial charge in [0.2, 0.25) is 21.8 Å². The van der Waals surface area contributed by atoms with Gasteiger partial charge in [-0.2, -0.15) is 0 Å². The highest BCUT2D eigenvalue weighted by Gasteiger charge is 2.14. The molecule has 0 heterocycles. The first-order valence-electron chi connectivity index (χ1n) is 7.03. The molecule has 0 fully saturated rings. The molecule has 128 valence electrons. The lowest BCUT2D eigenvalue weighted by Crippen LogP contribution is -2.43. The Labute approximate surface area is 140 Å². The number of carbonyl (C=O) groups excluding carboxylic acids is 2. The average Bonchev–Trinajstić information content (AvgIpc) is 2.44. The van der Waals surface area contributed by atoms with Crippen LogP contribution in [0.4, 0.5) is 0 Å². The highest BCUT2D eigenvalue weighted by molar-refractivity contribution is 7.89. The molecule has 0 aliphatic rings. The van der Waals surface area contributed by atoms with E-state index in [2.05, 4.69) is 15.6 Å². The Balaban J connectivity index is 2.36. The molecule has 0 aromatic heterocycles. The maximum atomic E-state index is 12.0. The van der Waals surface area contributed by atoms with Gasteiger partial charge < -0.3 is 0 Å². The number of sulfonamides is 1. The number of hydrazine groups is 1. The molecule has 0 bridgehead atoms. The summed E-state index contributed by atoms with van der Waals surface area (Å²) in [7, 11) is -3.70. The van der Waals surface area contributed by atoms with E-state index in [1.165, 1.54) is 24.3 Å². The molecule has 0 aliphatic carbocycles. The highest BCUT2D eigenvalue weighted by Crippen LogP contribution is 2.13. The largest absolute Gasteiger partial charge is 0.273 e. The summed E-state index contributed by atoms with van der Waals surface area (Å²) in [6, 6.07) is 5.67. The monoisotopic (exact) mass is 361 g/mol. The highest BCUT2D eigenvalue weighted by atomic mass is 35.5. The molecular formula is C14H20ClN3O4S. The molecule has 2 amide bonds. The number of halogens is 1. The molecule has 23 heavy (non-hydrogen) atoms. The van der Waals surface area contributed by atoms with Crippen LogP contribution in [0.1, 0.15) is 26.7 Å². The zero-order valence-electron chi connectivity index (χ0n) is 12.9. The number of hydrogen-bond donors (Lipinski definition) is 3. The second-order valence-corrected chi connectivity index (χ2v) is 7.50. The third-order valence-corrected chi connectivity index (χ3v) is 4.43. The van der Waals surface area contributed by atoms with E-state index in [4.69, 9.17) is 11.6 Å². The Morgan fingerprint density at radius 2 is 1.65 bits per heavy atom. The summed E-state index contributed by atoms with van der Waals surface area (Å²) in [4.78, 5) is 22.9. The third kappa shape index (κ3) is 7.45. The van der Waals surface area contributed by atoms with Crippen molar-refractivity contribution in [3.8, 4) is 0 Å². The van der Waals surface area contributed by atoms with Crippen molar-refractivity contribution in [2.45, 2.75) is 31.6 Å². The molecule has 3 N–H and O–H groups in total. The maximum Gasteiger partial charge on any atom is 0.240 e. The Bertz CT molecular complexity index is 644. The lowest BCUT2D eigenvalue weighted by Gasteiger charge is -2.09. The van der Waals surface area contributed by atoms with Gasteiger partial charge in [0.15, 0.2) is 0 Å². The SMILES string of the molecule is CC(C)CC(=O)NNC(=O)CCNS(=O)(=O)c1ccc(Cl)cc1. The number of rotatable bonds is 7. The van der Waals surface area contributed by atoms with Gasteiger partial charge in [-0.3, -0.25) is 20.4 Å². The first-order valence-corrected chi connectivity index (χ1v) is 8.89. The quantitative estimate of drug-likeness (QED) is 0.635. The van der Waals surface area contributed by atoms with Crippen molar-refractivity contribution in [2.75, 3.05) is 6.54 Å². The minimum Gasteiger partial charge on any atom is -0.273 e. The molecular weight excluding hydrogens is 342 g/mol. The number of nitrogens with one attached hydrogen (secondary N) is 3. The Kier molecular flexibility index (Phi) is 7.47. The lowest BCUT2D eigenvalue weighted by molar-refractivity contribution is -0.129. The Morgan fingerprint density at radius 3 is 2.22 bits per heavy atom. The molecule has 0 atom stereocenters. The van der Waals surface area contributed by atoms with Crippen molar-refractivity contribution in [1.82, 2.24) is 15.6 Å². The molecule has 0 radical (unpaired) electrons. The second-order valence-electron chi connectivity index (χ2n) is 5.30.